The van der Waals surface area contributed by atoms with E-state index < -0.39 is 0 Å². The summed E-state index contributed by atoms with van der Waals surface area (Å²) in [4.78, 5) is 24.0. The Hall–Kier alpha value is -1.27. The molecular formula is C14H19N3OS2. The molecule has 2 aromatic heterocycles. The molecule has 0 bridgehead atoms. The van der Waals surface area contributed by atoms with Crippen LogP contribution < -0.4 is 0 Å². The molecule has 2 aromatic rings. The van der Waals surface area contributed by atoms with Crippen LogP contribution in [0.4, 0.5) is 0 Å². The van der Waals surface area contributed by atoms with Crippen molar-refractivity contribution >= 4 is 28.6 Å². The van der Waals surface area contributed by atoms with E-state index in [0.29, 0.717) is 6.42 Å². The van der Waals surface area contributed by atoms with E-state index in [9.17, 15) is 4.79 Å². The minimum Gasteiger partial charge on any atom is -0.336 e. The highest BCUT2D eigenvalue weighted by Gasteiger charge is 2.21. The van der Waals surface area contributed by atoms with Gasteiger partial charge in [-0.05, 0) is 27.7 Å². The fourth-order valence-corrected chi connectivity index (χ4v) is 3.77. The van der Waals surface area contributed by atoms with Gasteiger partial charge < -0.3 is 4.90 Å². The Morgan fingerprint density at radius 3 is 2.55 bits per heavy atom. The molecule has 1 unspecified atom stereocenters. The Balaban J connectivity index is 2.07. The number of aromatic nitrogens is 2. The topological polar surface area (TPSA) is 46.1 Å². The van der Waals surface area contributed by atoms with Crippen LogP contribution in [0.25, 0.3) is 0 Å². The quantitative estimate of drug-likeness (QED) is 0.870. The summed E-state index contributed by atoms with van der Waals surface area (Å²) in [5.41, 5.74) is 1.97. The Labute approximate surface area is 127 Å². The molecule has 0 aromatic carbocycles. The van der Waals surface area contributed by atoms with E-state index in [4.69, 9.17) is 0 Å². The zero-order valence-corrected chi connectivity index (χ0v) is 14.1. The van der Waals surface area contributed by atoms with Crippen LogP contribution in [0.5, 0.6) is 0 Å². The monoisotopic (exact) mass is 309 g/mol. The highest BCUT2D eigenvalue weighted by atomic mass is 32.1. The average molecular weight is 309 g/mol. The summed E-state index contributed by atoms with van der Waals surface area (Å²) in [7, 11) is 1.84. The van der Waals surface area contributed by atoms with Crippen LogP contribution in [0.3, 0.4) is 0 Å². The number of carbonyl (C=O) groups excluding carboxylic acids is 1. The zero-order chi connectivity index (χ0) is 14.9. The van der Waals surface area contributed by atoms with E-state index in [1.165, 1.54) is 0 Å². The van der Waals surface area contributed by atoms with Crippen molar-refractivity contribution in [2.24, 2.45) is 0 Å². The smallest absolute Gasteiger partial charge is 0.228 e. The van der Waals surface area contributed by atoms with E-state index in [0.717, 1.165) is 26.3 Å². The van der Waals surface area contributed by atoms with Gasteiger partial charge in [-0.25, -0.2) is 9.97 Å². The van der Waals surface area contributed by atoms with Crippen LogP contribution in [0.1, 0.15) is 39.2 Å². The first-order valence-corrected chi connectivity index (χ1v) is 8.18. The fraction of sp³-hybridized carbons (Fsp3) is 0.500. The number of hydrogen-bond acceptors (Lipinski definition) is 5. The first-order valence-electron chi connectivity index (χ1n) is 6.49. The van der Waals surface area contributed by atoms with Gasteiger partial charge in [0.05, 0.1) is 23.2 Å². The van der Waals surface area contributed by atoms with Gasteiger partial charge >= 0.3 is 0 Å². The molecule has 0 fully saturated rings. The molecule has 20 heavy (non-hydrogen) atoms. The molecule has 0 aliphatic rings. The van der Waals surface area contributed by atoms with Crippen LogP contribution in [-0.2, 0) is 11.2 Å². The second-order valence-electron chi connectivity index (χ2n) is 4.93. The molecule has 0 saturated carbocycles. The zero-order valence-electron chi connectivity index (χ0n) is 12.4. The first-order chi connectivity index (χ1) is 9.38. The molecule has 2 rings (SSSR count). The van der Waals surface area contributed by atoms with Crippen molar-refractivity contribution in [2.45, 2.75) is 40.2 Å². The summed E-state index contributed by atoms with van der Waals surface area (Å²) in [5, 5.41) is 4.01. The molecule has 0 aliphatic carbocycles. The maximum atomic E-state index is 12.4. The highest BCUT2D eigenvalue weighted by Crippen LogP contribution is 2.24. The highest BCUT2D eigenvalue weighted by molar-refractivity contribution is 7.11. The lowest BCUT2D eigenvalue weighted by Gasteiger charge is -2.23. The van der Waals surface area contributed by atoms with Crippen LogP contribution in [0, 0.1) is 20.8 Å². The molecule has 0 N–H and O–H groups in total. The third-order valence-corrected chi connectivity index (χ3v) is 5.49. The van der Waals surface area contributed by atoms with Crippen LogP contribution in [0.15, 0.2) is 5.38 Å². The molecule has 0 spiro atoms. The van der Waals surface area contributed by atoms with Gasteiger partial charge in [0, 0.05) is 23.0 Å². The summed E-state index contributed by atoms with van der Waals surface area (Å²) in [6.07, 6.45) is 0.419. The molecule has 1 atom stereocenters. The van der Waals surface area contributed by atoms with Gasteiger partial charge in [-0.2, -0.15) is 0 Å². The molecule has 108 valence electrons. The number of amides is 1. The lowest BCUT2D eigenvalue weighted by Crippen LogP contribution is -2.30. The molecule has 4 nitrogen and oxygen atoms in total. The van der Waals surface area contributed by atoms with Crippen LogP contribution >= 0.6 is 22.7 Å². The number of carbonyl (C=O) groups is 1. The maximum Gasteiger partial charge on any atom is 0.228 e. The molecule has 0 saturated heterocycles. The summed E-state index contributed by atoms with van der Waals surface area (Å²) in [5.74, 6) is 0.108. The van der Waals surface area contributed by atoms with E-state index in [2.05, 4.69) is 9.97 Å². The maximum absolute atomic E-state index is 12.4. The van der Waals surface area contributed by atoms with Crippen LogP contribution in [-0.4, -0.2) is 27.8 Å². The van der Waals surface area contributed by atoms with E-state index >= 15 is 0 Å². The van der Waals surface area contributed by atoms with Crippen molar-refractivity contribution in [1.82, 2.24) is 14.9 Å². The van der Waals surface area contributed by atoms with Crippen molar-refractivity contribution in [3.8, 4) is 0 Å². The van der Waals surface area contributed by atoms with Gasteiger partial charge in [-0.3, -0.25) is 4.79 Å². The first kappa shape index (κ1) is 15.1. The number of rotatable bonds is 4. The second-order valence-corrected chi connectivity index (χ2v) is 7.10. The summed E-state index contributed by atoms with van der Waals surface area (Å²) in [6.45, 7) is 7.91. The van der Waals surface area contributed by atoms with E-state index in [1.54, 1.807) is 27.6 Å². The van der Waals surface area contributed by atoms with E-state index in [1.807, 2.05) is 40.1 Å². The van der Waals surface area contributed by atoms with E-state index in [-0.39, 0.29) is 11.9 Å². The summed E-state index contributed by atoms with van der Waals surface area (Å²) < 4.78 is 0. The molecular weight excluding hydrogens is 290 g/mol. The fourth-order valence-electron chi connectivity index (χ4n) is 1.95. The van der Waals surface area contributed by atoms with Crippen LogP contribution in [0.2, 0.25) is 0 Å². The van der Waals surface area contributed by atoms with Gasteiger partial charge in [0.2, 0.25) is 5.91 Å². The van der Waals surface area contributed by atoms with Gasteiger partial charge in [0.25, 0.3) is 0 Å². The number of nitrogens with zero attached hydrogens (tertiary/aromatic N) is 3. The van der Waals surface area contributed by atoms with Crippen molar-refractivity contribution in [3.63, 3.8) is 0 Å². The lowest BCUT2D eigenvalue weighted by molar-refractivity contribution is -0.131. The number of hydrogen-bond donors (Lipinski definition) is 0. The average Bonchev–Trinajstić information content (AvgIpc) is 2.94. The third kappa shape index (κ3) is 3.24. The Morgan fingerprint density at radius 2 is 2.05 bits per heavy atom. The van der Waals surface area contributed by atoms with Gasteiger partial charge in [0.15, 0.2) is 0 Å². The molecule has 1 amide bonds. The predicted molar refractivity (Wildman–Crippen MR) is 83.3 cm³/mol. The van der Waals surface area contributed by atoms with Crippen molar-refractivity contribution < 1.29 is 4.79 Å². The lowest BCUT2D eigenvalue weighted by atomic mass is 10.2. The minimum atomic E-state index is 0.00974. The SMILES string of the molecule is Cc1csc(C(C)N(C)C(=O)Cc2sc(C)nc2C)n1. The standard InChI is InChI=1S/C14H19N3OS2/c1-8-7-19-14(15-8)10(3)17(5)13(18)6-12-9(2)16-11(4)20-12/h7,10H,6H2,1-5H3. The summed E-state index contributed by atoms with van der Waals surface area (Å²) >= 11 is 3.20. The number of thiazole rings is 2. The second kappa shape index (κ2) is 6.01. The number of likely N-dealkylation sites (N-methyl/N-ethyl adjacent to an activating group) is 1. The third-order valence-electron chi connectivity index (χ3n) is 3.28. The molecule has 6 heteroatoms. The van der Waals surface area contributed by atoms with Gasteiger partial charge in [0.1, 0.15) is 5.01 Å². The van der Waals surface area contributed by atoms with Gasteiger partial charge in [-0.1, -0.05) is 0 Å². The molecule has 0 radical (unpaired) electrons. The van der Waals surface area contributed by atoms with Crippen molar-refractivity contribution in [1.29, 1.82) is 0 Å². The Morgan fingerprint density at radius 1 is 1.35 bits per heavy atom. The largest absolute Gasteiger partial charge is 0.336 e. The minimum absolute atomic E-state index is 0.00974. The molecule has 2 heterocycles. The van der Waals surface area contributed by atoms with Crippen molar-refractivity contribution in [3.05, 3.63) is 31.7 Å². The number of aryl methyl sites for hydroxylation is 3. The Bertz CT molecular complexity index is 618. The summed E-state index contributed by atoms with van der Waals surface area (Å²) in [6, 6.07) is 0.00974. The normalized spacial score (nSPS) is 12.4. The molecule has 0 aliphatic heterocycles. The predicted octanol–water partition coefficient (Wildman–Crippen LogP) is 3.29. The Kier molecular flexibility index (Phi) is 4.55. The van der Waals surface area contributed by atoms with Crippen molar-refractivity contribution in [2.75, 3.05) is 7.05 Å². The van der Waals surface area contributed by atoms with Gasteiger partial charge in [-0.15, -0.1) is 22.7 Å².